The lowest BCUT2D eigenvalue weighted by Crippen LogP contribution is -2.30. The number of nitrogens with one attached hydrogen (secondary N) is 1. The normalized spacial score (nSPS) is 12.1. The standard InChI is InChI=1S/C19H21F2NO2/c1-11(2)15-7-5-12(3)9-18(15)24-13(4)19(23)22-17-8-6-14(20)10-16(17)21/h5-11,13H,1-4H3,(H,22,23). The quantitative estimate of drug-likeness (QED) is 0.853. The van der Waals surface area contributed by atoms with E-state index < -0.39 is 23.6 Å². The summed E-state index contributed by atoms with van der Waals surface area (Å²) in [5, 5.41) is 2.42. The van der Waals surface area contributed by atoms with Gasteiger partial charge in [0.2, 0.25) is 0 Å². The minimum atomic E-state index is -0.825. The van der Waals surface area contributed by atoms with E-state index in [0.717, 1.165) is 23.3 Å². The van der Waals surface area contributed by atoms with Gasteiger partial charge < -0.3 is 10.1 Å². The molecular weight excluding hydrogens is 312 g/mol. The molecule has 0 aliphatic carbocycles. The zero-order chi connectivity index (χ0) is 17.9. The minimum Gasteiger partial charge on any atom is -0.481 e. The van der Waals surface area contributed by atoms with Gasteiger partial charge in [-0.05, 0) is 49.1 Å². The molecule has 1 atom stereocenters. The molecule has 0 heterocycles. The maximum atomic E-state index is 13.6. The number of carbonyl (C=O) groups is 1. The van der Waals surface area contributed by atoms with Crippen LogP contribution in [0.4, 0.5) is 14.5 Å². The number of anilines is 1. The van der Waals surface area contributed by atoms with Crippen LogP contribution in [-0.2, 0) is 4.79 Å². The Labute approximate surface area is 140 Å². The zero-order valence-electron chi connectivity index (χ0n) is 14.2. The third kappa shape index (κ3) is 4.31. The fraction of sp³-hybridized carbons (Fsp3) is 0.316. The molecule has 0 saturated heterocycles. The average molecular weight is 333 g/mol. The van der Waals surface area contributed by atoms with Gasteiger partial charge in [-0.3, -0.25) is 4.79 Å². The van der Waals surface area contributed by atoms with Crippen molar-refractivity contribution >= 4 is 11.6 Å². The molecule has 0 saturated carbocycles. The van der Waals surface area contributed by atoms with Gasteiger partial charge in [0.1, 0.15) is 17.4 Å². The van der Waals surface area contributed by atoms with Gasteiger partial charge >= 0.3 is 0 Å². The Morgan fingerprint density at radius 1 is 1.08 bits per heavy atom. The molecule has 2 rings (SSSR count). The summed E-state index contributed by atoms with van der Waals surface area (Å²) in [4.78, 5) is 12.2. The number of carbonyl (C=O) groups excluding carboxylic acids is 1. The van der Waals surface area contributed by atoms with Crippen molar-refractivity contribution in [2.75, 3.05) is 5.32 Å². The Kier molecular flexibility index (Phi) is 5.54. The first-order chi connectivity index (χ1) is 11.3. The molecule has 3 nitrogen and oxygen atoms in total. The Balaban J connectivity index is 2.13. The number of amides is 1. The van der Waals surface area contributed by atoms with Crippen LogP contribution in [0.2, 0.25) is 0 Å². The molecule has 0 radical (unpaired) electrons. The molecular formula is C19H21F2NO2. The molecule has 2 aromatic rings. The molecule has 0 spiro atoms. The number of hydrogen-bond acceptors (Lipinski definition) is 2. The second-order valence-electron chi connectivity index (χ2n) is 6.07. The Bertz CT molecular complexity index is 744. The first kappa shape index (κ1) is 17.9. The summed E-state index contributed by atoms with van der Waals surface area (Å²) >= 11 is 0. The molecule has 5 heteroatoms. The van der Waals surface area contributed by atoms with E-state index in [1.54, 1.807) is 6.92 Å². The molecule has 0 fully saturated rings. The van der Waals surface area contributed by atoms with Crippen LogP contribution in [0.15, 0.2) is 36.4 Å². The predicted octanol–water partition coefficient (Wildman–Crippen LogP) is 4.80. The Morgan fingerprint density at radius 3 is 2.42 bits per heavy atom. The third-order valence-electron chi connectivity index (χ3n) is 3.65. The molecule has 0 aliphatic heterocycles. The van der Waals surface area contributed by atoms with Crippen molar-refractivity contribution in [3.05, 3.63) is 59.2 Å². The maximum absolute atomic E-state index is 13.6. The van der Waals surface area contributed by atoms with Crippen molar-refractivity contribution in [1.82, 2.24) is 0 Å². The summed E-state index contributed by atoms with van der Waals surface area (Å²) in [5.41, 5.74) is 1.94. The number of rotatable bonds is 5. The van der Waals surface area contributed by atoms with Gasteiger partial charge in [0.05, 0.1) is 5.69 Å². The van der Waals surface area contributed by atoms with Crippen molar-refractivity contribution < 1.29 is 18.3 Å². The topological polar surface area (TPSA) is 38.3 Å². The monoisotopic (exact) mass is 333 g/mol. The number of halogens is 2. The second-order valence-corrected chi connectivity index (χ2v) is 6.07. The molecule has 1 amide bonds. The lowest BCUT2D eigenvalue weighted by molar-refractivity contribution is -0.122. The molecule has 1 unspecified atom stereocenters. The van der Waals surface area contributed by atoms with Gasteiger partial charge in [-0.25, -0.2) is 8.78 Å². The van der Waals surface area contributed by atoms with E-state index in [2.05, 4.69) is 5.32 Å². The van der Waals surface area contributed by atoms with Crippen LogP contribution in [-0.4, -0.2) is 12.0 Å². The molecule has 0 aliphatic rings. The van der Waals surface area contributed by atoms with Crippen LogP contribution < -0.4 is 10.1 Å². The van der Waals surface area contributed by atoms with Crippen LogP contribution in [0.1, 0.15) is 37.8 Å². The number of benzene rings is 2. The number of aryl methyl sites for hydroxylation is 1. The SMILES string of the molecule is Cc1ccc(C(C)C)c(OC(C)C(=O)Nc2ccc(F)cc2F)c1. The average Bonchev–Trinajstić information content (AvgIpc) is 2.49. The summed E-state index contributed by atoms with van der Waals surface area (Å²) in [6.07, 6.45) is -0.825. The maximum Gasteiger partial charge on any atom is 0.265 e. The van der Waals surface area contributed by atoms with Gasteiger partial charge in [-0.2, -0.15) is 0 Å². The Morgan fingerprint density at radius 2 is 1.79 bits per heavy atom. The van der Waals surface area contributed by atoms with E-state index in [1.165, 1.54) is 6.07 Å². The highest BCUT2D eigenvalue weighted by atomic mass is 19.1. The highest BCUT2D eigenvalue weighted by Crippen LogP contribution is 2.28. The van der Waals surface area contributed by atoms with Crippen molar-refractivity contribution in [3.63, 3.8) is 0 Å². The molecule has 0 bridgehead atoms. The van der Waals surface area contributed by atoms with Crippen molar-refractivity contribution in [1.29, 1.82) is 0 Å². The molecule has 1 N–H and O–H groups in total. The van der Waals surface area contributed by atoms with Gasteiger partial charge in [-0.15, -0.1) is 0 Å². The van der Waals surface area contributed by atoms with Crippen molar-refractivity contribution in [2.45, 2.75) is 39.7 Å². The van der Waals surface area contributed by atoms with Gasteiger partial charge in [-0.1, -0.05) is 26.0 Å². The summed E-state index contributed by atoms with van der Waals surface area (Å²) in [6, 6.07) is 8.82. The van der Waals surface area contributed by atoms with Gasteiger partial charge in [0.25, 0.3) is 5.91 Å². The molecule has 24 heavy (non-hydrogen) atoms. The first-order valence-corrected chi connectivity index (χ1v) is 7.81. The third-order valence-corrected chi connectivity index (χ3v) is 3.65. The van der Waals surface area contributed by atoms with Gasteiger partial charge in [0, 0.05) is 6.07 Å². The largest absolute Gasteiger partial charge is 0.481 e. The highest BCUT2D eigenvalue weighted by molar-refractivity contribution is 5.94. The number of hydrogen-bond donors (Lipinski definition) is 1. The lowest BCUT2D eigenvalue weighted by atomic mass is 10.0. The summed E-state index contributed by atoms with van der Waals surface area (Å²) < 4.78 is 32.3. The van der Waals surface area contributed by atoms with Crippen molar-refractivity contribution in [3.8, 4) is 5.75 Å². The van der Waals surface area contributed by atoms with E-state index in [4.69, 9.17) is 4.74 Å². The van der Waals surface area contributed by atoms with Crippen LogP contribution in [0.5, 0.6) is 5.75 Å². The molecule has 2 aromatic carbocycles. The Hall–Kier alpha value is -2.43. The van der Waals surface area contributed by atoms with E-state index >= 15 is 0 Å². The second kappa shape index (κ2) is 7.43. The fourth-order valence-electron chi connectivity index (χ4n) is 2.29. The molecule has 128 valence electrons. The minimum absolute atomic E-state index is 0.0785. The van der Waals surface area contributed by atoms with Crippen molar-refractivity contribution in [2.24, 2.45) is 0 Å². The summed E-state index contributed by atoms with van der Waals surface area (Å²) in [5.74, 6) is -1.15. The fourth-order valence-corrected chi connectivity index (χ4v) is 2.29. The zero-order valence-corrected chi connectivity index (χ0v) is 14.2. The van der Waals surface area contributed by atoms with E-state index in [9.17, 15) is 13.6 Å². The summed E-state index contributed by atoms with van der Waals surface area (Å²) in [7, 11) is 0. The van der Waals surface area contributed by atoms with Crippen LogP contribution >= 0.6 is 0 Å². The van der Waals surface area contributed by atoms with E-state index in [-0.39, 0.29) is 11.6 Å². The van der Waals surface area contributed by atoms with Crippen LogP contribution in [0, 0.1) is 18.6 Å². The first-order valence-electron chi connectivity index (χ1n) is 7.81. The molecule has 0 aromatic heterocycles. The smallest absolute Gasteiger partial charge is 0.265 e. The predicted molar refractivity (Wildman–Crippen MR) is 90.3 cm³/mol. The van der Waals surface area contributed by atoms with E-state index in [0.29, 0.717) is 5.75 Å². The number of ether oxygens (including phenoxy) is 1. The lowest BCUT2D eigenvalue weighted by Gasteiger charge is -2.19. The summed E-state index contributed by atoms with van der Waals surface area (Å²) in [6.45, 7) is 7.60. The van der Waals surface area contributed by atoms with Gasteiger partial charge in [0.15, 0.2) is 6.10 Å². The van der Waals surface area contributed by atoms with E-state index in [1.807, 2.05) is 39.0 Å². The van der Waals surface area contributed by atoms with Crippen LogP contribution in [0.25, 0.3) is 0 Å². The highest BCUT2D eigenvalue weighted by Gasteiger charge is 2.19. The van der Waals surface area contributed by atoms with Crippen LogP contribution in [0.3, 0.4) is 0 Å².